The highest BCUT2D eigenvalue weighted by atomic mass is 16.6. The molecular weight excluding hydrogens is 242 g/mol. The van der Waals surface area contributed by atoms with Crippen molar-refractivity contribution in [1.29, 1.82) is 0 Å². The molecule has 5 nitrogen and oxygen atoms in total. The number of anilines is 2. The summed E-state index contributed by atoms with van der Waals surface area (Å²) in [7, 11) is 0. The number of aromatic nitrogens is 1. The second-order valence-corrected chi connectivity index (χ2v) is 5.83. The largest absolute Gasteiger partial charge is 0.444 e. The van der Waals surface area contributed by atoms with Crippen molar-refractivity contribution < 1.29 is 9.53 Å². The zero-order valence-corrected chi connectivity index (χ0v) is 12.3. The lowest BCUT2D eigenvalue weighted by molar-refractivity contribution is 0.0636. The highest BCUT2D eigenvalue weighted by Crippen LogP contribution is 2.13. The molecule has 0 fully saturated rings. The lowest BCUT2D eigenvalue weighted by atomic mass is 10.2. The fraction of sp³-hybridized carbons (Fsp3) is 0.571. The van der Waals surface area contributed by atoms with Gasteiger partial charge in [-0.05, 0) is 38.8 Å². The van der Waals surface area contributed by atoms with Crippen molar-refractivity contribution in [1.82, 2.24) is 4.98 Å². The maximum Gasteiger partial charge on any atom is 0.412 e. The van der Waals surface area contributed by atoms with Crippen LogP contribution in [0.4, 0.5) is 16.3 Å². The molecular formula is C14H23N3O2. The Bertz CT molecular complexity index is 408. The van der Waals surface area contributed by atoms with Gasteiger partial charge in [-0.25, -0.2) is 9.78 Å². The van der Waals surface area contributed by atoms with E-state index in [0.29, 0.717) is 11.6 Å². The molecule has 0 aliphatic carbocycles. The van der Waals surface area contributed by atoms with Crippen molar-refractivity contribution in [2.75, 3.05) is 17.2 Å². The summed E-state index contributed by atoms with van der Waals surface area (Å²) in [5.41, 5.74) is 0.111. The van der Waals surface area contributed by atoms with Crippen LogP contribution in [-0.2, 0) is 4.74 Å². The van der Waals surface area contributed by atoms with Crippen LogP contribution in [0.15, 0.2) is 18.3 Å². The molecule has 19 heavy (non-hydrogen) atoms. The first kappa shape index (κ1) is 15.3. The molecule has 1 heterocycles. The predicted octanol–water partition coefficient (Wildman–Crippen LogP) is 3.50. The molecule has 1 amide bonds. The van der Waals surface area contributed by atoms with Gasteiger partial charge in [0.15, 0.2) is 0 Å². The van der Waals surface area contributed by atoms with Gasteiger partial charge in [0.25, 0.3) is 0 Å². The van der Waals surface area contributed by atoms with Crippen LogP contribution in [0.25, 0.3) is 0 Å². The number of ether oxygens (including phenoxy) is 1. The van der Waals surface area contributed by atoms with E-state index in [1.165, 1.54) is 0 Å². The summed E-state index contributed by atoms with van der Waals surface area (Å²) in [5.74, 6) is 1.35. The third kappa shape index (κ3) is 6.64. The Morgan fingerprint density at radius 3 is 2.53 bits per heavy atom. The van der Waals surface area contributed by atoms with E-state index in [2.05, 4.69) is 29.5 Å². The maximum atomic E-state index is 11.6. The first-order valence-electron chi connectivity index (χ1n) is 6.46. The van der Waals surface area contributed by atoms with Crippen molar-refractivity contribution in [3.8, 4) is 0 Å². The average molecular weight is 265 g/mol. The van der Waals surface area contributed by atoms with Gasteiger partial charge in [0, 0.05) is 6.54 Å². The SMILES string of the molecule is CC(C)CNc1ccc(NC(=O)OC(C)(C)C)cn1. The van der Waals surface area contributed by atoms with Gasteiger partial charge in [-0.15, -0.1) is 0 Å². The topological polar surface area (TPSA) is 63.2 Å². The minimum atomic E-state index is -0.504. The molecule has 5 heteroatoms. The van der Waals surface area contributed by atoms with E-state index in [1.54, 1.807) is 12.3 Å². The molecule has 2 N–H and O–H groups in total. The Morgan fingerprint density at radius 1 is 1.37 bits per heavy atom. The standard InChI is InChI=1S/C14H23N3O2/c1-10(2)8-15-12-7-6-11(9-16-12)17-13(18)19-14(3,4)5/h6-7,9-10H,8H2,1-5H3,(H,15,16)(H,17,18). The zero-order valence-electron chi connectivity index (χ0n) is 12.3. The van der Waals surface area contributed by atoms with E-state index in [9.17, 15) is 4.79 Å². The van der Waals surface area contributed by atoms with Gasteiger partial charge in [-0.3, -0.25) is 5.32 Å². The van der Waals surface area contributed by atoms with E-state index in [4.69, 9.17) is 4.74 Å². The molecule has 0 unspecified atom stereocenters. The van der Waals surface area contributed by atoms with Gasteiger partial charge >= 0.3 is 6.09 Å². The molecule has 0 aliphatic heterocycles. The normalized spacial score (nSPS) is 11.3. The van der Waals surface area contributed by atoms with Gasteiger partial charge in [0.1, 0.15) is 11.4 Å². The Balaban J connectivity index is 2.50. The summed E-state index contributed by atoms with van der Waals surface area (Å²) in [6.45, 7) is 10.6. The van der Waals surface area contributed by atoms with E-state index < -0.39 is 11.7 Å². The lowest BCUT2D eigenvalue weighted by Crippen LogP contribution is -2.27. The van der Waals surface area contributed by atoms with Gasteiger partial charge in [-0.1, -0.05) is 13.8 Å². The van der Waals surface area contributed by atoms with Crippen LogP contribution in [0.1, 0.15) is 34.6 Å². The molecule has 0 saturated carbocycles. The Hall–Kier alpha value is -1.78. The molecule has 106 valence electrons. The second-order valence-electron chi connectivity index (χ2n) is 5.83. The molecule has 0 bridgehead atoms. The van der Waals surface area contributed by atoms with Crippen molar-refractivity contribution in [3.63, 3.8) is 0 Å². The van der Waals surface area contributed by atoms with E-state index in [-0.39, 0.29) is 0 Å². The van der Waals surface area contributed by atoms with Crippen LogP contribution >= 0.6 is 0 Å². The molecule has 0 atom stereocenters. The quantitative estimate of drug-likeness (QED) is 0.874. The number of hydrogen-bond donors (Lipinski definition) is 2. The number of pyridine rings is 1. The molecule has 0 aliphatic rings. The average Bonchev–Trinajstić information content (AvgIpc) is 2.25. The number of carbonyl (C=O) groups excluding carboxylic acids is 1. The van der Waals surface area contributed by atoms with Gasteiger partial charge in [0.2, 0.25) is 0 Å². The fourth-order valence-electron chi connectivity index (χ4n) is 1.30. The number of carbonyl (C=O) groups is 1. The van der Waals surface area contributed by atoms with Crippen molar-refractivity contribution in [3.05, 3.63) is 18.3 Å². The zero-order chi connectivity index (χ0) is 14.5. The summed E-state index contributed by atoms with van der Waals surface area (Å²) in [5, 5.41) is 5.85. The van der Waals surface area contributed by atoms with E-state index in [1.807, 2.05) is 26.8 Å². The summed E-state index contributed by atoms with van der Waals surface area (Å²) in [6.07, 6.45) is 1.13. The Morgan fingerprint density at radius 2 is 2.05 bits per heavy atom. The van der Waals surface area contributed by atoms with Crippen molar-refractivity contribution in [2.24, 2.45) is 5.92 Å². The molecule has 0 saturated heterocycles. The van der Waals surface area contributed by atoms with Crippen LogP contribution in [-0.4, -0.2) is 23.2 Å². The first-order chi connectivity index (χ1) is 8.76. The molecule has 1 aromatic rings. The van der Waals surface area contributed by atoms with Crippen LogP contribution in [0.3, 0.4) is 0 Å². The van der Waals surface area contributed by atoms with Crippen molar-refractivity contribution >= 4 is 17.6 Å². The maximum absolute atomic E-state index is 11.6. The monoisotopic (exact) mass is 265 g/mol. The Kier molecular flexibility index (Phi) is 5.15. The number of hydrogen-bond acceptors (Lipinski definition) is 4. The van der Waals surface area contributed by atoms with E-state index >= 15 is 0 Å². The van der Waals surface area contributed by atoms with Gasteiger partial charge in [-0.2, -0.15) is 0 Å². The summed E-state index contributed by atoms with van der Waals surface area (Å²) < 4.78 is 5.16. The van der Waals surface area contributed by atoms with Crippen LogP contribution in [0.2, 0.25) is 0 Å². The minimum absolute atomic E-state index is 0.475. The molecule has 1 rings (SSSR count). The number of nitrogens with one attached hydrogen (secondary N) is 2. The molecule has 0 aromatic carbocycles. The fourth-order valence-corrected chi connectivity index (χ4v) is 1.30. The molecule has 1 aromatic heterocycles. The number of nitrogens with zero attached hydrogens (tertiary/aromatic N) is 1. The van der Waals surface area contributed by atoms with Gasteiger partial charge < -0.3 is 10.1 Å². The van der Waals surface area contributed by atoms with Gasteiger partial charge in [0.05, 0.1) is 11.9 Å². The Labute approximate surface area is 114 Å². The predicted molar refractivity (Wildman–Crippen MR) is 77.4 cm³/mol. The summed E-state index contributed by atoms with van der Waals surface area (Å²) in [4.78, 5) is 15.8. The first-order valence-corrected chi connectivity index (χ1v) is 6.46. The third-order valence-corrected chi connectivity index (χ3v) is 2.10. The third-order valence-electron chi connectivity index (χ3n) is 2.10. The number of rotatable bonds is 4. The van der Waals surface area contributed by atoms with Crippen LogP contribution < -0.4 is 10.6 Å². The summed E-state index contributed by atoms with van der Waals surface area (Å²) in [6, 6.07) is 3.62. The second kappa shape index (κ2) is 6.41. The molecule has 0 spiro atoms. The highest BCUT2D eigenvalue weighted by Gasteiger charge is 2.16. The minimum Gasteiger partial charge on any atom is -0.444 e. The smallest absolute Gasteiger partial charge is 0.412 e. The van der Waals surface area contributed by atoms with E-state index in [0.717, 1.165) is 12.4 Å². The van der Waals surface area contributed by atoms with Crippen molar-refractivity contribution in [2.45, 2.75) is 40.2 Å². The summed E-state index contributed by atoms with van der Waals surface area (Å²) >= 11 is 0. The molecule has 0 radical (unpaired) electrons. The lowest BCUT2D eigenvalue weighted by Gasteiger charge is -2.19. The highest BCUT2D eigenvalue weighted by molar-refractivity contribution is 5.84. The number of amides is 1. The van der Waals surface area contributed by atoms with Crippen LogP contribution in [0, 0.1) is 5.92 Å². The van der Waals surface area contributed by atoms with Crippen LogP contribution in [0.5, 0.6) is 0 Å².